The van der Waals surface area contributed by atoms with Crippen LogP contribution in [0.4, 0.5) is 0 Å². The molecule has 2 N–H and O–H groups in total. The minimum atomic E-state index is 1.02. The van der Waals surface area contributed by atoms with Crippen LogP contribution in [0.5, 0.6) is 0 Å². The molecule has 0 heterocycles. The zero-order valence-electron chi connectivity index (χ0n) is 5.85. The third kappa shape index (κ3) is 1.92. The van der Waals surface area contributed by atoms with Gasteiger partial charge in [-0.15, -0.1) is 0 Å². The molecule has 0 aliphatic heterocycles. The molecule has 0 bridgehead atoms. The van der Waals surface area contributed by atoms with Gasteiger partial charge in [-0.3, -0.25) is 0 Å². The number of rotatable bonds is 0. The van der Waals surface area contributed by atoms with Crippen molar-refractivity contribution in [2.45, 2.75) is 26.2 Å². The van der Waals surface area contributed by atoms with Crippen LogP contribution in [-0.4, -0.2) is 0 Å². The minimum Gasteiger partial charge on any atom is -0.402 e. The van der Waals surface area contributed by atoms with Gasteiger partial charge < -0.3 is 5.73 Å². The number of hydrogen-bond donors (Lipinski definition) is 1. The molecule has 1 nitrogen and oxygen atoms in total. The highest BCUT2D eigenvalue weighted by Crippen LogP contribution is 2.13. The van der Waals surface area contributed by atoms with Crippen LogP contribution in [-0.2, 0) is 0 Å². The van der Waals surface area contributed by atoms with Crippen LogP contribution in [0.15, 0.2) is 23.4 Å². The third-order valence-corrected chi connectivity index (χ3v) is 1.62. The van der Waals surface area contributed by atoms with E-state index in [1.54, 1.807) is 0 Å². The quantitative estimate of drug-likeness (QED) is 0.523. The summed E-state index contributed by atoms with van der Waals surface area (Å²) in [4.78, 5) is 0. The van der Waals surface area contributed by atoms with E-state index in [0.717, 1.165) is 12.1 Å². The molecule has 50 valence electrons. The molecule has 0 aromatic carbocycles. The highest BCUT2D eigenvalue weighted by Gasteiger charge is 1.96. The second kappa shape index (κ2) is 2.72. The van der Waals surface area contributed by atoms with Crippen LogP contribution >= 0.6 is 0 Å². The molecule has 0 saturated heterocycles. The Balaban J connectivity index is 2.63. The van der Waals surface area contributed by atoms with Gasteiger partial charge in [-0.05, 0) is 32.3 Å². The Morgan fingerprint density at radius 2 is 2.11 bits per heavy atom. The van der Waals surface area contributed by atoms with Crippen LogP contribution in [0.1, 0.15) is 26.2 Å². The molecule has 1 heteroatoms. The third-order valence-electron chi connectivity index (χ3n) is 1.62. The Bertz CT molecular complexity index is 136. The van der Waals surface area contributed by atoms with Crippen LogP contribution in [0.25, 0.3) is 0 Å². The first kappa shape index (κ1) is 6.40. The minimum absolute atomic E-state index is 1.02. The fraction of sp³-hybridized carbons (Fsp3) is 0.500. The molecule has 0 aromatic rings. The van der Waals surface area contributed by atoms with Gasteiger partial charge in [-0.1, -0.05) is 11.6 Å². The molecule has 0 aromatic heterocycles. The Morgan fingerprint density at radius 1 is 1.33 bits per heavy atom. The monoisotopic (exact) mass is 123 g/mol. The lowest BCUT2D eigenvalue weighted by molar-refractivity contribution is 0.807. The van der Waals surface area contributed by atoms with E-state index < -0.39 is 0 Å². The van der Waals surface area contributed by atoms with Gasteiger partial charge in [0, 0.05) is 5.70 Å². The summed E-state index contributed by atoms with van der Waals surface area (Å²) in [7, 11) is 0. The van der Waals surface area contributed by atoms with E-state index >= 15 is 0 Å². The van der Waals surface area contributed by atoms with Crippen molar-refractivity contribution in [2.75, 3.05) is 0 Å². The number of hydrogen-bond acceptors (Lipinski definition) is 1. The Labute approximate surface area is 56.2 Å². The molecular formula is C8H13N. The van der Waals surface area contributed by atoms with E-state index in [-0.39, 0.29) is 0 Å². The molecule has 9 heavy (non-hydrogen) atoms. The van der Waals surface area contributed by atoms with E-state index in [4.69, 9.17) is 5.73 Å². The molecule has 0 amide bonds. The fourth-order valence-electron chi connectivity index (χ4n) is 0.987. The molecular weight excluding hydrogens is 110 g/mol. The lowest BCUT2D eigenvalue weighted by Crippen LogP contribution is -1.94. The van der Waals surface area contributed by atoms with Gasteiger partial charge in [-0.25, -0.2) is 0 Å². The Morgan fingerprint density at radius 3 is 2.89 bits per heavy atom. The van der Waals surface area contributed by atoms with E-state index in [1.807, 2.05) is 6.08 Å². The summed E-state index contributed by atoms with van der Waals surface area (Å²) >= 11 is 0. The summed E-state index contributed by atoms with van der Waals surface area (Å²) in [6, 6.07) is 0. The molecule has 0 saturated carbocycles. The van der Waals surface area contributed by atoms with Crippen molar-refractivity contribution >= 4 is 0 Å². The summed E-state index contributed by atoms with van der Waals surface area (Å²) < 4.78 is 0. The first-order valence-electron chi connectivity index (χ1n) is 3.41. The first-order chi connectivity index (χ1) is 4.29. The standard InChI is InChI=1S/C8H13N/c1-7-3-2-4-8(9)6-5-7/h5-6H,2-4,9H2,1H3. The van der Waals surface area contributed by atoms with Crippen LogP contribution in [0.3, 0.4) is 0 Å². The summed E-state index contributed by atoms with van der Waals surface area (Å²) in [5.41, 5.74) is 8.07. The summed E-state index contributed by atoms with van der Waals surface area (Å²) in [6.45, 7) is 2.15. The number of nitrogens with two attached hydrogens (primary N) is 1. The topological polar surface area (TPSA) is 26.0 Å². The SMILES string of the molecule is CC1=CC=C(N)CCC1. The maximum atomic E-state index is 5.61. The van der Waals surface area contributed by atoms with Gasteiger partial charge >= 0.3 is 0 Å². The maximum Gasteiger partial charge on any atom is 0.00805 e. The summed E-state index contributed by atoms with van der Waals surface area (Å²) in [5, 5.41) is 0. The molecule has 1 aliphatic carbocycles. The van der Waals surface area contributed by atoms with Gasteiger partial charge in [0.05, 0.1) is 0 Å². The van der Waals surface area contributed by atoms with Crippen molar-refractivity contribution in [1.82, 2.24) is 0 Å². The Hall–Kier alpha value is -0.720. The molecule has 1 rings (SSSR count). The van der Waals surface area contributed by atoms with Crippen molar-refractivity contribution in [1.29, 1.82) is 0 Å². The first-order valence-corrected chi connectivity index (χ1v) is 3.41. The van der Waals surface area contributed by atoms with E-state index in [9.17, 15) is 0 Å². The van der Waals surface area contributed by atoms with Crippen molar-refractivity contribution < 1.29 is 0 Å². The normalized spacial score (nSPS) is 20.1. The second-order valence-electron chi connectivity index (χ2n) is 2.61. The van der Waals surface area contributed by atoms with Crippen LogP contribution in [0.2, 0.25) is 0 Å². The molecule has 0 fully saturated rings. The van der Waals surface area contributed by atoms with Crippen molar-refractivity contribution in [2.24, 2.45) is 5.73 Å². The van der Waals surface area contributed by atoms with Gasteiger partial charge in [-0.2, -0.15) is 0 Å². The fourth-order valence-corrected chi connectivity index (χ4v) is 0.987. The van der Waals surface area contributed by atoms with E-state index in [2.05, 4.69) is 13.0 Å². The molecule has 1 aliphatic rings. The highest BCUT2D eigenvalue weighted by molar-refractivity contribution is 5.17. The average Bonchev–Trinajstić information content (AvgIpc) is 1.97. The summed E-state index contributed by atoms with van der Waals surface area (Å²) in [5.74, 6) is 0. The second-order valence-corrected chi connectivity index (χ2v) is 2.61. The predicted molar refractivity (Wildman–Crippen MR) is 39.9 cm³/mol. The summed E-state index contributed by atoms with van der Waals surface area (Å²) in [6.07, 6.45) is 7.61. The maximum absolute atomic E-state index is 5.61. The van der Waals surface area contributed by atoms with Gasteiger partial charge in [0.15, 0.2) is 0 Å². The van der Waals surface area contributed by atoms with E-state index in [0.29, 0.717) is 0 Å². The van der Waals surface area contributed by atoms with Gasteiger partial charge in [0.25, 0.3) is 0 Å². The molecule has 0 radical (unpaired) electrons. The van der Waals surface area contributed by atoms with Crippen molar-refractivity contribution in [3.8, 4) is 0 Å². The van der Waals surface area contributed by atoms with E-state index in [1.165, 1.54) is 18.4 Å². The van der Waals surface area contributed by atoms with Crippen LogP contribution < -0.4 is 5.73 Å². The Kier molecular flexibility index (Phi) is 1.93. The highest BCUT2D eigenvalue weighted by atomic mass is 14.6. The zero-order chi connectivity index (χ0) is 6.69. The molecule has 0 atom stereocenters. The zero-order valence-corrected chi connectivity index (χ0v) is 5.85. The number of allylic oxidation sites excluding steroid dienone is 4. The average molecular weight is 123 g/mol. The smallest absolute Gasteiger partial charge is 0.00805 e. The van der Waals surface area contributed by atoms with Crippen molar-refractivity contribution in [3.63, 3.8) is 0 Å². The van der Waals surface area contributed by atoms with Gasteiger partial charge in [0.1, 0.15) is 0 Å². The van der Waals surface area contributed by atoms with Gasteiger partial charge in [0.2, 0.25) is 0 Å². The van der Waals surface area contributed by atoms with Crippen molar-refractivity contribution in [3.05, 3.63) is 23.4 Å². The molecule has 0 unspecified atom stereocenters. The lowest BCUT2D eigenvalue weighted by Gasteiger charge is -1.94. The van der Waals surface area contributed by atoms with Crippen LogP contribution in [0, 0.1) is 0 Å². The largest absolute Gasteiger partial charge is 0.402 e. The molecule has 0 spiro atoms. The lowest BCUT2D eigenvalue weighted by atomic mass is 10.1. The predicted octanol–water partition coefficient (Wildman–Crippen LogP) is 1.96.